The summed E-state index contributed by atoms with van der Waals surface area (Å²) in [6.07, 6.45) is 9.19. The highest BCUT2D eigenvalue weighted by Gasteiger charge is 2.38. The summed E-state index contributed by atoms with van der Waals surface area (Å²) < 4.78 is 66.0. The number of hydrogen-bond donors (Lipinski definition) is 0. The van der Waals surface area contributed by atoms with Gasteiger partial charge in [-0.15, -0.1) is 0 Å². The molecule has 2 saturated carbocycles. The molecular weight excluding hydrogens is 371 g/mol. The Bertz CT molecular complexity index is 652. The minimum absolute atomic E-state index is 0.0497. The summed E-state index contributed by atoms with van der Waals surface area (Å²) in [5.41, 5.74) is -1.41. The summed E-state index contributed by atoms with van der Waals surface area (Å²) in [6.45, 7) is 2.15. The number of alkyl halides is 3. The van der Waals surface area contributed by atoms with E-state index < -0.39 is 23.4 Å². The zero-order valence-corrected chi connectivity index (χ0v) is 16.4. The Labute approximate surface area is 164 Å². The summed E-state index contributed by atoms with van der Waals surface area (Å²) in [7, 11) is 0. The Morgan fingerprint density at radius 2 is 1.36 bits per heavy atom. The van der Waals surface area contributed by atoms with Crippen LogP contribution < -0.4 is 0 Å². The fourth-order valence-corrected chi connectivity index (χ4v) is 5.16. The summed E-state index contributed by atoms with van der Waals surface area (Å²) in [6, 6.07) is 1.78. The second-order valence-electron chi connectivity index (χ2n) is 8.48. The number of benzene rings is 1. The minimum atomic E-state index is -5.00. The van der Waals surface area contributed by atoms with Crippen LogP contribution in [0.4, 0.5) is 22.0 Å². The van der Waals surface area contributed by atoms with E-state index >= 15 is 0 Å². The lowest BCUT2D eigenvalue weighted by Gasteiger charge is -2.37. The molecule has 0 N–H and O–H groups in total. The van der Waals surface area contributed by atoms with E-state index in [1.807, 2.05) is 0 Å². The van der Waals surface area contributed by atoms with Crippen LogP contribution in [0.1, 0.15) is 81.8 Å². The first-order valence-corrected chi connectivity index (χ1v) is 10.5. The fourth-order valence-electron chi connectivity index (χ4n) is 5.16. The molecule has 0 unspecified atom stereocenters. The van der Waals surface area contributed by atoms with E-state index in [1.165, 1.54) is 25.7 Å². The normalized spacial score (nSPS) is 29.4. The van der Waals surface area contributed by atoms with Crippen molar-refractivity contribution in [1.82, 2.24) is 0 Å². The molecule has 2 fully saturated rings. The lowest BCUT2D eigenvalue weighted by atomic mass is 9.68. The Hall–Kier alpha value is -1.39. The van der Waals surface area contributed by atoms with Gasteiger partial charge in [0.25, 0.3) is 0 Å². The largest absolute Gasteiger partial charge is 0.422 e. The summed E-state index contributed by atoms with van der Waals surface area (Å²) >= 11 is 0. The summed E-state index contributed by atoms with van der Waals surface area (Å²) in [4.78, 5) is 0. The molecule has 5 heteroatoms. The Morgan fingerprint density at radius 3 is 1.82 bits per heavy atom. The molecule has 1 aromatic rings. The number of hydrogen-bond acceptors (Lipinski definition) is 0. The Kier molecular flexibility index (Phi) is 6.82. The van der Waals surface area contributed by atoms with Gasteiger partial charge in [-0.1, -0.05) is 19.1 Å². The monoisotopic (exact) mass is 400 g/mol. The van der Waals surface area contributed by atoms with Crippen LogP contribution in [-0.4, -0.2) is 0 Å². The molecule has 0 amide bonds. The molecule has 0 heterocycles. The van der Waals surface area contributed by atoms with E-state index in [-0.39, 0.29) is 5.92 Å². The SMILES string of the molecule is CC/C=C/C1CCC(C2CCC(c3cc(F)c(C(F)(F)F)c(F)c3)CC2)CC1. The van der Waals surface area contributed by atoms with Crippen molar-refractivity contribution in [2.45, 2.75) is 76.8 Å². The van der Waals surface area contributed by atoms with E-state index in [4.69, 9.17) is 0 Å². The molecule has 0 aliphatic heterocycles. The molecule has 0 atom stereocenters. The second-order valence-corrected chi connectivity index (χ2v) is 8.48. The van der Waals surface area contributed by atoms with Crippen LogP contribution in [0.3, 0.4) is 0 Å². The van der Waals surface area contributed by atoms with Crippen molar-refractivity contribution in [2.75, 3.05) is 0 Å². The van der Waals surface area contributed by atoms with E-state index in [9.17, 15) is 22.0 Å². The van der Waals surface area contributed by atoms with Crippen LogP contribution in [0, 0.1) is 29.4 Å². The van der Waals surface area contributed by atoms with Gasteiger partial charge in [-0.25, -0.2) is 8.78 Å². The van der Waals surface area contributed by atoms with Crippen LogP contribution in [0.15, 0.2) is 24.3 Å². The van der Waals surface area contributed by atoms with Gasteiger partial charge in [-0.2, -0.15) is 13.2 Å². The van der Waals surface area contributed by atoms with E-state index in [2.05, 4.69) is 19.1 Å². The molecule has 28 heavy (non-hydrogen) atoms. The Balaban J connectivity index is 1.57. The summed E-state index contributed by atoms with van der Waals surface area (Å²) in [5.74, 6) is -0.993. The quantitative estimate of drug-likeness (QED) is 0.354. The molecule has 0 bridgehead atoms. The van der Waals surface area contributed by atoms with E-state index in [1.54, 1.807) is 0 Å². The van der Waals surface area contributed by atoms with Gasteiger partial charge >= 0.3 is 6.18 Å². The highest BCUT2D eigenvalue weighted by Crippen LogP contribution is 2.45. The van der Waals surface area contributed by atoms with Gasteiger partial charge in [-0.3, -0.25) is 0 Å². The lowest BCUT2D eigenvalue weighted by molar-refractivity contribution is -0.142. The molecule has 3 rings (SSSR count). The van der Waals surface area contributed by atoms with Crippen LogP contribution in [-0.2, 0) is 6.18 Å². The molecule has 1 aromatic carbocycles. The molecule has 2 aliphatic rings. The van der Waals surface area contributed by atoms with Gasteiger partial charge in [-0.05, 0) is 99.2 Å². The van der Waals surface area contributed by atoms with Crippen molar-refractivity contribution in [3.05, 3.63) is 47.0 Å². The van der Waals surface area contributed by atoms with Crippen molar-refractivity contribution in [1.29, 1.82) is 0 Å². The molecule has 156 valence electrons. The topological polar surface area (TPSA) is 0 Å². The van der Waals surface area contributed by atoms with Gasteiger partial charge in [0, 0.05) is 0 Å². The smallest absolute Gasteiger partial charge is 0.206 e. The van der Waals surface area contributed by atoms with E-state index in [0.717, 1.165) is 44.2 Å². The third kappa shape index (κ3) is 4.96. The fraction of sp³-hybridized carbons (Fsp3) is 0.652. The number of halogens is 5. The second kappa shape index (κ2) is 8.96. The average molecular weight is 400 g/mol. The minimum Gasteiger partial charge on any atom is -0.206 e. The number of rotatable bonds is 4. The third-order valence-electron chi connectivity index (χ3n) is 6.72. The standard InChI is InChI=1S/C23H29F5/c1-2-3-4-15-5-7-16(8-6-15)17-9-11-18(12-10-17)19-13-20(24)22(21(25)14-19)23(26,27)28/h3-4,13-18H,2,5-12H2,1H3/b4-3+. The van der Waals surface area contributed by atoms with Crippen LogP contribution in [0.5, 0.6) is 0 Å². The first-order chi connectivity index (χ1) is 13.3. The maximum Gasteiger partial charge on any atom is 0.422 e. The van der Waals surface area contributed by atoms with Crippen molar-refractivity contribution in [2.24, 2.45) is 17.8 Å². The Morgan fingerprint density at radius 1 is 0.857 bits per heavy atom. The van der Waals surface area contributed by atoms with Crippen molar-refractivity contribution in [3.8, 4) is 0 Å². The van der Waals surface area contributed by atoms with Crippen molar-refractivity contribution in [3.63, 3.8) is 0 Å². The lowest BCUT2D eigenvalue weighted by Crippen LogP contribution is -2.25. The highest BCUT2D eigenvalue weighted by atomic mass is 19.4. The first-order valence-electron chi connectivity index (χ1n) is 10.5. The van der Waals surface area contributed by atoms with Crippen LogP contribution >= 0.6 is 0 Å². The van der Waals surface area contributed by atoms with Gasteiger partial charge in [0.15, 0.2) is 0 Å². The molecule has 0 nitrogen and oxygen atoms in total. The van der Waals surface area contributed by atoms with Crippen molar-refractivity contribution < 1.29 is 22.0 Å². The molecule has 0 saturated heterocycles. The molecule has 2 aliphatic carbocycles. The van der Waals surface area contributed by atoms with Gasteiger partial charge < -0.3 is 0 Å². The maximum atomic E-state index is 13.9. The van der Waals surface area contributed by atoms with Crippen molar-refractivity contribution >= 4 is 0 Å². The van der Waals surface area contributed by atoms with Gasteiger partial charge in [0.05, 0.1) is 0 Å². The maximum absolute atomic E-state index is 13.9. The highest BCUT2D eigenvalue weighted by molar-refractivity contribution is 5.30. The predicted molar refractivity (Wildman–Crippen MR) is 101 cm³/mol. The van der Waals surface area contributed by atoms with Crippen LogP contribution in [0.25, 0.3) is 0 Å². The van der Waals surface area contributed by atoms with Gasteiger partial charge in [0.2, 0.25) is 0 Å². The van der Waals surface area contributed by atoms with Gasteiger partial charge in [0.1, 0.15) is 17.2 Å². The number of allylic oxidation sites excluding steroid dienone is 2. The predicted octanol–water partition coefficient (Wildman–Crippen LogP) is 8.03. The molecule has 0 aromatic heterocycles. The third-order valence-corrected chi connectivity index (χ3v) is 6.72. The average Bonchev–Trinajstić information content (AvgIpc) is 2.65. The zero-order valence-electron chi connectivity index (χ0n) is 16.4. The molecule has 0 spiro atoms. The van der Waals surface area contributed by atoms with Crippen LogP contribution in [0.2, 0.25) is 0 Å². The van der Waals surface area contributed by atoms with E-state index in [0.29, 0.717) is 23.3 Å². The first kappa shape index (κ1) is 21.3. The molecular formula is C23H29F5. The molecule has 0 radical (unpaired) electrons. The zero-order chi connectivity index (χ0) is 20.3. The summed E-state index contributed by atoms with van der Waals surface area (Å²) in [5, 5.41) is 0.